The number of nitrogens with zero attached hydrogens (tertiary/aromatic N) is 3. The Morgan fingerprint density at radius 2 is 1.88 bits per heavy atom. The SMILES string of the molecule is C[C@@H](Nc1ccc(Cl)nc1C(=O)O)c1cc(F)cc2c(=O)n(C)c(-c3ccccc3)nc12. The van der Waals surface area contributed by atoms with Gasteiger partial charge in [-0.05, 0) is 31.2 Å². The van der Waals surface area contributed by atoms with E-state index in [-0.39, 0.29) is 27.5 Å². The van der Waals surface area contributed by atoms with E-state index in [2.05, 4.69) is 15.3 Å². The number of rotatable bonds is 5. The van der Waals surface area contributed by atoms with Crippen LogP contribution in [-0.4, -0.2) is 25.6 Å². The Kier molecular flexibility index (Phi) is 5.63. The average Bonchev–Trinajstić information content (AvgIpc) is 2.77. The molecule has 162 valence electrons. The number of carboxylic acids is 1. The highest BCUT2D eigenvalue weighted by Crippen LogP contribution is 2.29. The monoisotopic (exact) mass is 452 g/mol. The third-order valence-electron chi connectivity index (χ3n) is 5.11. The van der Waals surface area contributed by atoms with Gasteiger partial charge in [-0.2, -0.15) is 0 Å². The van der Waals surface area contributed by atoms with Crippen LogP contribution < -0.4 is 10.9 Å². The standard InChI is InChI=1S/C23H18ClFN4O3/c1-12(26-17-8-9-18(24)27-20(17)23(31)32)15-10-14(25)11-16-19(15)28-21(29(2)22(16)30)13-6-4-3-5-7-13/h3-12,26H,1-2H3,(H,31,32)/t12-/m1/s1. The molecular formula is C23H18ClFN4O3. The molecule has 0 bridgehead atoms. The van der Waals surface area contributed by atoms with Crippen molar-refractivity contribution in [3.8, 4) is 11.4 Å². The van der Waals surface area contributed by atoms with Crippen molar-refractivity contribution in [3.63, 3.8) is 0 Å². The molecule has 0 amide bonds. The average molecular weight is 453 g/mol. The van der Waals surface area contributed by atoms with Crippen LogP contribution in [-0.2, 0) is 7.05 Å². The Morgan fingerprint density at radius 3 is 2.56 bits per heavy atom. The molecular weight excluding hydrogens is 435 g/mol. The topological polar surface area (TPSA) is 97.1 Å². The minimum absolute atomic E-state index is 0.0366. The lowest BCUT2D eigenvalue weighted by molar-refractivity contribution is 0.0691. The van der Waals surface area contributed by atoms with E-state index in [1.54, 1.807) is 14.0 Å². The molecule has 2 N–H and O–H groups in total. The van der Waals surface area contributed by atoms with Crippen molar-refractivity contribution in [2.24, 2.45) is 7.05 Å². The highest BCUT2D eigenvalue weighted by atomic mass is 35.5. The van der Waals surface area contributed by atoms with E-state index in [0.29, 0.717) is 16.9 Å². The first kappa shape index (κ1) is 21.5. The number of carboxylic acid groups (broad SMARTS) is 1. The zero-order chi connectivity index (χ0) is 23.0. The van der Waals surface area contributed by atoms with E-state index in [1.165, 1.54) is 22.8 Å². The Morgan fingerprint density at radius 1 is 1.16 bits per heavy atom. The predicted octanol–water partition coefficient (Wildman–Crippen LogP) is 4.66. The van der Waals surface area contributed by atoms with Crippen LogP contribution in [0.1, 0.15) is 29.0 Å². The maximum Gasteiger partial charge on any atom is 0.356 e. The van der Waals surface area contributed by atoms with Crippen molar-refractivity contribution < 1.29 is 14.3 Å². The third-order valence-corrected chi connectivity index (χ3v) is 5.32. The number of hydrogen-bond donors (Lipinski definition) is 2. The van der Waals surface area contributed by atoms with Crippen molar-refractivity contribution in [1.29, 1.82) is 0 Å². The summed E-state index contributed by atoms with van der Waals surface area (Å²) in [7, 11) is 1.59. The summed E-state index contributed by atoms with van der Waals surface area (Å²) in [6.07, 6.45) is 0. The molecule has 0 saturated heterocycles. The molecule has 2 aromatic heterocycles. The molecule has 4 aromatic rings. The fraction of sp³-hybridized carbons (Fsp3) is 0.130. The predicted molar refractivity (Wildman–Crippen MR) is 121 cm³/mol. The van der Waals surface area contributed by atoms with E-state index >= 15 is 0 Å². The molecule has 1 atom stereocenters. The highest BCUT2D eigenvalue weighted by molar-refractivity contribution is 6.29. The van der Waals surface area contributed by atoms with Gasteiger partial charge in [-0.3, -0.25) is 9.36 Å². The lowest BCUT2D eigenvalue weighted by Crippen LogP contribution is -2.22. The van der Waals surface area contributed by atoms with Gasteiger partial charge in [-0.25, -0.2) is 19.2 Å². The quantitative estimate of drug-likeness (QED) is 0.427. The number of pyridine rings is 1. The van der Waals surface area contributed by atoms with Crippen LogP contribution in [0, 0.1) is 5.82 Å². The zero-order valence-electron chi connectivity index (χ0n) is 17.1. The first-order valence-corrected chi connectivity index (χ1v) is 10.1. The van der Waals surface area contributed by atoms with Crippen molar-refractivity contribution in [3.05, 3.63) is 87.2 Å². The Bertz CT molecular complexity index is 1410. The maximum absolute atomic E-state index is 14.5. The van der Waals surface area contributed by atoms with Crippen molar-refractivity contribution in [1.82, 2.24) is 14.5 Å². The Balaban J connectivity index is 1.88. The van der Waals surface area contributed by atoms with Gasteiger partial charge < -0.3 is 10.4 Å². The molecule has 0 aliphatic rings. The number of aromatic nitrogens is 3. The largest absolute Gasteiger partial charge is 0.476 e. The zero-order valence-corrected chi connectivity index (χ0v) is 17.9. The third kappa shape index (κ3) is 3.92. The fourth-order valence-corrected chi connectivity index (χ4v) is 3.71. The molecule has 0 saturated carbocycles. The number of anilines is 1. The van der Waals surface area contributed by atoms with Gasteiger partial charge in [0, 0.05) is 18.2 Å². The van der Waals surface area contributed by atoms with Crippen molar-refractivity contribution in [2.75, 3.05) is 5.32 Å². The minimum Gasteiger partial charge on any atom is -0.476 e. The van der Waals surface area contributed by atoms with Gasteiger partial charge in [-0.15, -0.1) is 0 Å². The van der Waals surface area contributed by atoms with Crippen LogP contribution in [0.5, 0.6) is 0 Å². The van der Waals surface area contributed by atoms with Gasteiger partial charge in [-0.1, -0.05) is 41.9 Å². The number of nitrogens with one attached hydrogen (secondary N) is 1. The summed E-state index contributed by atoms with van der Waals surface area (Å²) in [6, 6.07) is 14.0. The minimum atomic E-state index is -1.26. The second-order valence-corrected chi connectivity index (χ2v) is 7.65. The summed E-state index contributed by atoms with van der Waals surface area (Å²) in [5.74, 6) is -1.42. The van der Waals surface area contributed by atoms with Crippen LogP contribution in [0.4, 0.5) is 10.1 Å². The smallest absolute Gasteiger partial charge is 0.356 e. The van der Waals surface area contributed by atoms with Crippen LogP contribution in [0.3, 0.4) is 0 Å². The molecule has 9 heteroatoms. The number of aromatic carboxylic acids is 1. The lowest BCUT2D eigenvalue weighted by Gasteiger charge is -2.19. The van der Waals surface area contributed by atoms with Crippen molar-refractivity contribution in [2.45, 2.75) is 13.0 Å². The Hall–Kier alpha value is -3.78. The molecule has 32 heavy (non-hydrogen) atoms. The van der Waals surface area contributed by atoms with E-state index < -0.39 is 17.8 Å². The molecule has 0 radical (unpaired) electrons. The second-order valence-electron chi connectivity index (χ2n) is 7.26. The number of benzene rings is 2. The summed E-state index contributed by atoms with van der Waals surface area (Å²) >= 11 is 5.82. The molecule has 2 aromatic carbocycles. The molecule has 4 rings (SSSR count). The molecule has 0 aliphatic carbocycles. The van der Waals surface area contributed by atoms with E-state index in [4.69, 9.17) is 11.6 Å². The van der Waals surface area contributed by atoms with Crippen LogP contribution >= 0.6 is 11.6 Å². The van der Waals surface area contributed by atoms with E-state index in [9.17, 15) is 19.1 Å². The summed E-state index contributed by atoms with van der Waals surface area (Å²) < 4.78 is 15.8. The molecule has 0 aliphatic heterocycles. The molecule has 7 nitrogen and oxygen atoms in total. The van der Waals surface area contributed by atoms with Gasteiger partial charge in [0.1, 0.15) is 16.8 Å². The van der Waals surface area contributed by atoms with Gasteiger partial charge in [0.2, 0.25) is 0 Å². The number of hydrogen-bond acceptors (Lipinski definition) is 5. The molecule has 2 heterocycles. The Labute approximate surface area is 187 Å². The van der Waals surface area contributed by atoms with Gasteiger partial charge in [0.05, 0.1) is 22.6 Å². The maximum atomic E-state index is 14.5. The molecule has 0 spiro atoms. The summed E-state index contributed by atoms with van der Waals surface area (Å²) in [6.45, 7) is 1.72. The van der Waals surface area contributed by atoms with Crippen LogP contribution in [0.25, 0.3) is 22.3 Å². The summed E-state index contributed by atoms with van der Waals surface area (Å²) in [4.78, 5) is 33.1. The number of halogens is 2. The van der Waals surface area contributed by atoms with Gasteiger partial charge in [0.25, 0.3) is 5.56 Å². The fourth-order valence-electron chi connectivity index (χ4n) is 3.57. The number of carbonyl (C=O) groups is 1. The second kappa shape index (κ2) is 8.39. The van der Waals surface area contributed by atoms with E-state index in [0.717, 1.165) is 11.6 Å². The molecule has 0 unspecified atom stereocenters. The first-order valence-electron chi connectivity index (χ1n) is 9.68. The van der Waals surface area contributed by atoms with Gasteiger partial charge in [0.15, 0.2) is 5.69 Å². The number of fused-ring (bicyclic) bond motifs is 1. The van der Waals surface area contributed by atoms with Crippen molar-refractivity contribution >= 4 is 34.2 Å². The lowest BCUT2D eigenvalue weighted by atomic mass is 10.0. The van der Waals surface area contributed by atoms with E-state index in [1.807, 2.05) is 30.3 Å². The first-order chi connectivity index (χ1) is 15.3. The highest BCUT2D eigenvalue weighted by Gasteiger charge is 2.20. The van der Waals surface area contributed by atoms with Crippen LogP contribution in [0.2, 0.25) is 5.15 Å². The summed E-state index contributed by atoms with van der Waals surface area (Å²) in [5, 5.41) is 12.6. The van der Waals surface area contributed by atoms with Gasteiger partial charge >= 0.3 is 5.97 Å². The summed E-state index contributed by atoms with van der Waals surface area (Å²) in [5.41, 5.74) is 1.02. The van der Waals surface area contributed by atoms with Crippen LogP contribution in [0.15, 0.2) is 59.4 Å². The molecule has 0 fully saturated rings. The normalized spacial score (nSPS) is 12.0.